The summed E-state index contributed by atoms with van der Waals surface area (Å²) in [5.74, 6) is -2.05. The lowest BCUT2D eigenvalue weighted by atomic mass is 9.89. The molecule has 0 unspecified atom stereocenters. The lowest BCUT2D eigenvalue weighted by molar-refractivity contribution is 0.0570. The fourth-order valence-electron chi connectivity index (χ4n) is 2.62. The van der Waals surface area contributed by atoms with Crippen molar-refractivity contribution in [2.45, 2.75) is 38.6 Å². The zero-order chi connectivity index (χ0) is 14.0. The number of ketones is 1. The smallest absolute Gasteiger partial charge is 0.188 e. The van der Waals surface area contributed by atoms with Gasteiger partial charge in [0.15, 0.2) is 5.78 Å². The molecule has 0 N–H and O–H groups in total. The van der Waals surface area contributed by atoms with Gasteiger partial charge < -0.3 is 0 Å². The number of Topliss-reactive ketones (excluding diaryl/α,β-unsaturated/α-hetero) is 1. The maximum atomic E-state index is 13.7. The molecule has 4 heteroatoms. The van der Waals surface area contributed by atoms with Crippen molar-refractivity contribution in [2.24, 2.45) is 0 Å². The molecule has 0 amide bonds. The first-order valence-electron chi connectivity index (χ1n) is 6.68. The highest BCUT2D eigenvalue weighted by atomic mass is 19.1. The normalized spacial score (nSPS) is 17.5. The van der Waals surface area contributed by atoms with Crippen LogP contribution >= 0.6 is 0 Å². The molecule has 1 aliphatic rings. The summed E-state index contributed by atoms with van der Waals surface area (Å²) in [5, 5.41) is 0. The lowest BCUT2D eigenvalue weighted by Crippen LogP contribution is -2.52. The molecule has 0 radical (unpaired) electrons. The van der Waals surface area contributed by atoms with Crippen LogP contribution in [0.1, 0.15) is 43.5 Å². The van der Waals surface area contributed by atoms with Crippen LogP contribution in [-0.4, -0.2) is 29.3 Å². The number of carbonyl (C=O) groups excluding carboxylic acids is 1. The molecule has 0 aromatic heterocycles. The maximum absolute atomic E-state index is 13.7. The molecule has 1 aromatic rings. The van der Waals surface area contributed by atoms with Crippen molar-refractivity contribution < 1.29 is 13.6 Å². The van der Waals surface area contributed by atoms with Crippen LogP contribution in [0.2, 0.25) is 0 Å². The van der Waals surface area contributed by atoms with E-state index in [-0.39, 0.29) is 0 Å². The molecule has 104 valence electrons. The Balaban J connectivity index is 2.31. The maximum Gasteiger partial charge on any atom is 0.188 e. The number of likely N-dealkylation sites (tertiary alicyclic amines) is 1. The molecule has 1 fully saturated rings. The van der Waals surface area contributed by atoms with Crippen LogP contribution in [0.15, 0.2) is 18.2 Å². The summed E-state index contributed by atoms with van der Waals surface area (Å²) in [4.78, 5) is 14.5. The van der Waals surface area contributed by atoms with Crippen LogP contribution in [0, 0.1) is 11.6 Å². The average molecular weight is 267 g/mol. The molecule has 0 atom stereocenters. The summed E-state index contributed by atoms with van der Waals surface area (Å²) in [6, 6.07) is 3.53. The number of rotatable bonds is 3. The van der Waals surface area contributed by atoms with E-state index in [0.29, 0.717) is 0 Å². The third kappa shape index (κ3) is 2.68. The molecule has 0 spiro atoms. The number of hydrogen-bond donors (Lipinski definition) is 0. The Labute approximate surface area is 112 Å². The predicted molar refractivity (Wildman–Crippen MR) is 70.2 cm³/mol. The number of hydrogen-bond acceptors (Lipinski definition) is 2. The van der Waals surface area contributed by atoms with Gasteiger partial charge in [0.1, 0.15) is 11.6 Å². The summed E-state index contributed by atoms with van der Waals surface area (Å²) in [6.07, 6.45) is 3.20. The first kappa shape index (κ1) is 14.1. The molecule has 0 saturated carbocycles. The van der Waals surface area contributed by atoms with Crippen molar-refractivity contribution in [1.82, 2.24) is 4.90 Å². The molecule has 0 aliphatic carbocycles. The Morgan fingerprint density at radius 3 is 2.16 bits per heavy atom. The topological polar surface area (TPSA) is 20.3 Å². The number of piperidine rings is 1. The Morgan fingerprint density at radius 1 is 1.11 bits per heavy atom. The fraction of sp³-hybridized carbons (Fsp3) is 0.533. The summed E-state index contributed by atoms with van der Waals surface area (Å²) < 4.78 is 27.4. The minimum Gasteiger partial charge on any atom is -0.292 e. The summed E-state index contributed by atoms with van der Waals surface area (Å²) in [7, 11) is 0. The highest BCUT2D eigenvalue weighted by Crippen LogP contribution is 2.26. The first-order chi connectivity index (χ1) is 8.94. The Morgan fingerprint density at radius 2 is 1.63 bits per heavy atom. The molecule has 1 heterocycles. The summed E-state index contributed by atoms with van der Waals surface area (Å²) in [5.41, 5.74) is -1.29. The lowest BCUT2D eigenvalue weighted by Gasteiger charge is -2.39. The average Bonchev–Trinajstić information content (AvgIpc) is 2.39. The zero-order valence-corrected chi connectivity index (χ0v) is 11.4. The van der Waals surface area contributed by atoms with Crippen LogP contribution in [0.4, 0.5) is 8.78 Å². The number of halogens is 2. The van der Waals surface area contributed by atoms with Gasteiger partial charge in [-0.25, -0.2) is 8.78 Å². The molecular weight excluding hydrogens is 248 g/mol. The van der Waals surface area contributed by atoms with Gasteiger partial charge in [-0.3, -0.25) is 9.69 Å². The second-order valence-electron chi connectivity index (χ2n) is 5.53. The molecule has 0 bridgehead atoms. The van der Waals surface area contributed by atoms with Gasteiger partial charge in [0.25, 0.3) is 0 Å². The van der Waals surface area contributed by atoms with Gasteiger partial charge in [0, 0.05) is 0 Å². The fourth-order valence-corrected chi connectivity index (χ4v) is 2.62. The van der Waals surface area contributed by atoms with E-state index in [2.05, 4.69) is 0 Å². The Hall–Kier alpha value is -1.29. The van der Waals surface area contributed by atoms with Crippen LogP contribution in [0.5, 0.6) is 0 Å². The third-order valence-corrected chi connectivity index (χ3v) is 3.89. The second kappa shape index (κ2) is 5.37. The summed E-state index contributed by atoms with van der Waals surface area (Å²) >= 11 is 0. The van der Waals surface area contributed by atoms with Crippen molar-refractivity contribution in [3.8, 4) is 0 Å². The quantitative estimate of drug-likeness (QED) is 0.782. The summed E-state index contributed by atoms with van der Waals surface area (Å²) in [6.45, 7) is 5.09. The van der Waals surface area contributed by atoms with Gasteiger partial charge in [-0.15, -0.1) is 0 Å². The van der Waals surface area contributed by atoms with E-state index in [1.807, 2.05) is 4.90 Å². The van der Waals surface area contributed by atoms with Crippen LogP contribution < -0.4 is 0 Å². The molecule has 1 aromatic carbocycles. The molecular formula is C15H19F2NO. The van der Waals surface area contributed by atoms with Crippen molar-refractivity contribution in [3.63, 3.8) is 0 Å². The third-order valence-electron chi connectivity index (χ3n) is 3.89. The first-order valence-corrected chi connectivity index (χ1v) is 6.68. The molecule has 2 nitrogen and oxygen atoms in total. The van der Waals surface area contributed by atoms with E-state index in [9.17, 15) is 13.6 Å². The molecule has 1 aliphatic heterocycles. The van der Waals surface area contributed by atoms with Gasteiger partial charge in [-0.05, 0) is 51.9 Å². The minimum absolute atomic E-state index is 0.418. The minimum atomic E-state index is -0.872. The van der Waals surface area contributed by atoms with E-state index in [1.165, 1.54) is 6.07 Å². The van der Waals surface area contributed by atoms with E-state index >= 15 is 0 Å². The van der Waals surface area contributed by atoms with Gasteiger partial charge >= 0.3 is 0 Å². The number of carbonyl (C=O) groups is 1. The molecule has 1 saturated heterocycles. The number of benzene rings is 1. The second-order valence-corrected chi connectivity index (χ2v) is 5.53. The monoisotopic (exact) mass is 267 g/mol. The van der Waals surface area contributed by atoms with E-state index in [1.54, 1.807) is 13.8 Å². The van der Waals surface area contributed by atoms with E-state index in [0.717, 1.165) is 44.5 Å². The van der Waals surface area contributed by atoms with Crippen molar-refractivity contribution >= 4 is 5.78 Å². The van der Waals surface area contributed by atoms with E-state index < -0.39 is 28.5 Å². The van der Waals surface area contributed by atoms with Gasteiger partial charge in [-0.1, -0.05) is 12.5 Å². The van der Waals surface area contributed by atoms with Crippen LogP contribution in [0.25, 0.3) is 0 Å². The SMILES string of the molecule is CC(C)(C(=O)c1c(F)cccc1F)N1CCCCC1. The highest BCUT2D eigenvalue weighted by molar-refractivity contribution is 6.03. The van der Waals surface area contributed by atoms with Crippen molar-refractivity contribution in [2.75, 3.05) is 13.1 Å². The van der Waals surface area contributed by atoms with Gasteiger partial charge in [-0.2, -0.15) is 0 Å². The van der Waals surface area contributed by atoms with Crippen LogP contribution in [0.3, 0.4) is 0 Å². The van der Waals surface area contributed by atoms with E-state index in [4.69, 9.17) is 0 Å². The molecule has 19 heavy (non-hydrogen) atoms. The van der Waals surface area contributed by atoms with Crippen molar-refractivity contribution in [1.29, 1.82) is 0 Å². The van der Waals surface area contributed by atoms with Crippen LogP contribution in [-0.2, 0) is 0 Å². The highest BCUT2D eigenvalue weighted by Gasteiger charge is 2.38. The predicted octanol–water partition coefficient (Wildman–Crippen LogP) is 3.41. The van der Waals surface area contributed by atoms with Crippen molar-refractivity contribution in [3.05, 3.63) is 35.4 Å². The molecule has 2 rings (SSSR count). The Kier molecular flexibility index (Phi) is 3.99. The standard InChI is InChI=1S/C15H19F2NO/c1-15(2,18-9-4-3-5-10-18)14(19)13-11(16)7-6-8-12(13)17/h6-8H,3-5,9-10H2,1-2H3. The number of nitrogens with zero attached hydrogens (tertiary/aromatic N) is 1. The Bertz CT molecular complexity index is 459. The van der Waals surface area contributed by atoms with Gasteiger partial charge in [0.2, 0.25) is 0 Å². The van der Waals surface area contributed by atoms with Gasteiger partial charge in [0.05, 0.1) is 11.1 Å². The largest absolute Gasteiger partial charge is 0.292 e. The zero-order valence-electron chi connectivity index (χ0n) is 11.4.